The molecule has 0 saturated carbocycles. The van der Waals surface area contributed by atoms with E-state index in [1.807, 2.05) is 24.3 Å². The van der Waals surface area contributed by atoms with E-state index in [0.29, 0.717) is 5.92 Å². The second-order valence-electron chi connectivity index (χ2n) is 5.79. The fraction of sp³-hybridized carbons (Fsp3) is 0.294. The van der Waals surface area contributed by atoms with Gasteiger partial charge in [-0.05, 0) is 60.7 Å². The normalized spacial score (nSPS) is 25.3. The second kappa shape index (κ2) is 5.07. The molecule has 2 N–H and O–H groups in total. The van der Waals surface area contributed by atoms with Crippen LogP contribution < -0.4 is 5.73 Å². The lowest BCUT2D eigenvalue weighted by molar-refractivity contribution is 0.391. The molecule has 2 aromatic carbocycles. The minimum absolute atomic E-state index is 0.302. The molecule has 0 radical (unpaired) electrons. The summed E-state index contributed by atoms with van der Waals surface area (Å²) >= 11 is 12.1. The van der Waals surface area contributed by atoms with Gasteiger partial charge in [0.1, 0.15) is 0 Å². The van der Waals surface area contributed by atoms with Crippen LogP contribution >= 0.6 is 23.2 Å². The average Bonchev–Trinajstić information content (AvgIpc) is 2.41. The lowest BCUT2D eigenvalue weighted by Gasteiger charge is -2.37. The molecule has 2 aromatic rings. The number of fused-ring (bicyclic) bond motifs is 1. The van der Waals surface area contributed by atoms with Gasteiger partial charge in [-0.25, -0.2) is 0 Å². The van der Waals surface area contributed by atoms with Gasteiger partial charge in [0.2, 0.25) is 0 Å². The topological polar surface area (TPSA) is 26.0 Å². The van der Waals surface area contributed by atoms with E-state index in [9.17, 15) is 0 Å². The molecule has 20 heavy (non-hydrogen) atoms. The molecule has 2 unspecified atom stereocenters. The molecule has 1 aliphatic rings. The van der Waals surface area contributed by atoms with E-state index in [0.717, 1.165) is 28.5 Å². The summed E-state index contributed by atoms with van der Waals surface area (Å²) in [6, 6.07) is 14.2. The number of hydrogen-bond donors (Lipinski definition) is 1. The molecule has 0 amide bonds. The van der Waals surface area contributed by atoms with E-state index in [1.54, 1.807) is 0 Å². The number of rotatable bonds is 1. The van der Waals surface area contributed by atoms with Crippen LogP contribution in [0, 0.1) is 0 Å². The van der Waals surface area contributed by atoms with E-state index in [2.05, 4.69) is 25.1 Å². The Hall–Kier alpha value is -1.02. The Balaban J connectivity index is 2.10. The Morgan fingerprint density at radius 1 is 1.05 bits per heavy atom. The molecule has 1 aliphatic carbocycles. The van der Waals surface area contributed by atoms with Crippen molar-refractivity contribution in [1.82, 2.24) is 0 Å². The Morgan fingerprint density at radius 2 is 1.70 bits per heavy atom. The van der Waals surface area contributed by atoms with Crippen molar-refractivity contribution in [2.75, 3.05) is 0 Å². The van der Waals surface area contributed by atoms with Crippen molar-refractivity contribution in [3.63, 3.8) is 0 Å². The van der Waals surface area contributed by atoms with Crippen molar-refractivity contribution in [3.8, 4) is 0 Å². The van der Waals surface area contributed by atoms with Crippen LogP contribution in [-0.4, -0.2) is 0 Å². The van der Waals surface area contributed by atoms with Crippen molar-refractivity contribution in [2.45, 2.75) is 31.2 Å². The van der Waals surface area contributed by atoms with Gasteiger partial charge in [0.05, 0.1) is 0 Å². The van der Waals surface area contributed by atoms with Crippen molar-refractivity contribution in [1.29, 1.82) is 0 Å². The van der Waals surface area contributed by atoms with E-state index in [1.165, 1.54) is 11.1 Å². The third kappa shape index (κ3) is 2.46. The van der Waals surface area contributed by atoms with Crippen molar-refractivity contribution >= 4 is 23.2 Å². The maximum atomic E-state index is 6.44. The summed E-state index contributed by atoms with van der Waals surface area (Å²) < 4.78 is 0. The highest BCUT2D eigenvalue weighted by Gasteiger charge is 2.33. The fourth-order valence-electron chi connectivity index (χ4n) is 3.10. The first-order chi connectivity index (χ1) is 9.47. The van der Waals surface area contributed by atoms with Gasteiger partial charge in [0.15, 0.2) is 0 Å². The largest absolute Gasteiger partial charge is 0.322 e. The Labute approximate surface area is 129 Å². The zero-order chi connectivity index (χ0) is 14.3. The first-order valence-electron chi connectivity index (χ1n) is 6.82. The van der Waals surface area contributed by atoms with Gasteiger partial charge in [-0.15, -0.1) is 0 Å². The summed E-state index contributed by atoms with van der Waals surface area (Å²) in [6.07, 6.45) is 2.00. The minimum atomic E-state index is -0.302. The predicted molar refractivity (Wildman–Crippen MR) is 85.5 cm³/mol. The number of hydrogen-bond acceptors (Lipinski definition) is 1. The fourth-order valence-corrected chi connectivity index (χ4v) is 3.40. The van der Waals surface area contributed by atoms with E-state index < -0.39 is 0 Å². The van der Waals surface area contributed by atoms with Crippen LogP contribution in [0.3, 0.4) is 0 Å². The molecule has 3 heteroatoms. The maximum absolute atomic E-state index is 6.44. The Morgan fingerprint density at radius 3 is 2.40 bits per heavy atom. The molecule has 2 atom stereocenters. The van der Waals surface area contributed by atoms with Crippen LogP contribution in [0.2, 0.25) is 10.0 Å². The van der Waals surface area contributed by atoms with Gasteiger partial charge in [0, 0.05) is 21.5 Å². The van der Waals surface area contributed by atoms with Gasteiger partial charge in [-0.1, -0.05) is 41.4 Å². The Kier molecular flexibility index (Phi) is 3.53. The molecule has 1 nitrogen and oxygen atoms in total. The lowest BCUT2D eigenvalue weighted by atomic mass is 9.71. The SMILES string of the molecule is CC1(N)CCC(c2ccc(Cl)cc2)c2ccc(Cl)cc21. The summed E-state index contributed by atoms with van der Waals surface area (Å²) in [6.45, 7) is 2.08. The molecular formula is C17H17Cl2N. The summed E-state index contributed by atoms with van der Waals surface area (Å²) in [5, 5.41) is 1.52. The quantitative estimate of drug-likeness (QED) is 0.780. The lowest BCUT2D eigenvalue weighted by Crippen LogP contribution is -2.38. The zero-order valence-corrected chi connectivity index (χ0v) is 12.9. The molecule has 0 aliphatic heterocycles. The third-order valence-electron chi connectivity index (χ3n) is 4.23. The van der Waals surface area contributed by atoms with Crippen LogP contribution in [0.4, 0.5) is 0 Å². The summed E-state index contributed by atoms with van der Waals surface area (Å²) in [4.78, 5) is 0. The third-order valence-corrected chi connectivity index (χ3v) is 4.72. The number of nitrogens with two attached hydrogens (primary N) is 1. The van der Waals surface area contributed by atoms with Crippen LogP contribution in [0.15, 0.2) is 42.5 Å². The van der Waals surface area contributed by atoms with E-state index in [-0.39, 0.29) is 5.54 Å². The van der Waals surface area contributed by atoms with Gasteiger partial charge in [-0.2, -0.15) is 0 Å². The highest BCUT2D eigenvalue weighted by Crippen LogP contribution is 2.43. The predicted octanol–water partition coefficient (Wildman–Crippen LogP) is 5.09. The molecule has 0 heterocycles. The maximum Gasteiger partial charge on any atom is 0.0409 e. The van der Waals surface area contributed by atoms with Crippen LogP contribution in [-0.2, 0) is 5.54 Å². The van der Waals surface area contributed by atoms with Gasteiger partial charge in [0.25, 0.3) is 0 Å². The highest BCUT2D eigenvalue weighted by atomic mass is 35.5. The molecule has 0 spiro atoms. The average molecular weight is 306 g/mol. The first kappa shape index (κ1) is 13.9. The standard InChI is InChI=1S/C17H17Cl2N/c1-17(20)9-8-14(11-2-4-12(18)5-3-11)15-7-6-13(19)10-16(15)17/h2-7,10,14H,8-9,20H2,1H3. The molecule has 0 saturated heterocycles. The number of halogens is 2. The van der Waals surface area contributed by atoms with E-state index in [4.69, 9.17) is 28.9 Å². The monoisotopic (exact) mass is 305 g/mol. The highest BCUT2D eigenvalue weighted by molar-refractivity contribution is 6.30. The molecular weight excluding hydrogens is 289 g/mol. The summed E-state index contributed by atoms with van der Waals surface area (Å²) in [5.41, 5.74) is 9.87. The zero-order valence-electron chi connectivity index (χ0n) is 11.4. The number of benzene rings is 2. The molecule has 104 valence electrons. The van der Waals surface area contributed by atoms with Gasteiger partial charge in [-0.3, -0.25) is 0 Å². The van der Waals surface area contributed by atoms with Crippen molar-refractivity contribution in [3.05, 3.63) is 69.2 Å². The van der Waals surface area contributed by atoms with Crippen molar-refractivity contribution < 1.29 is 0 Å². The first-order valence-corrected chi connectivity index (χ1v) is 7.57. The van der Waals surface area contributed by atoms with Crippen LogP contribution in [0.1, 0.15) is 42.4 Å². The van der Waals surface area contributed by atoms with Gasteiger partial charge < -0.3 is 5.73 Å². The van der Waals surface area contributed by atoms with Gasteiger partial charge >= 0.3 is 0 Å². The van der Waals surface area contributed by atoms with Crippen LogP contribution in [0.5, 0.6) is 0 Å². The minimum Gasteiger partial charge on any atom is -0.322 e. The second-order valence-corrected chi connectivity index (χ2v) is 6.66. The summed E-state index contributed by atoms with van der Waals surface area (Å²) in [5.74, 6) is 0.371. The van der Waals surface area contributed by atoms with Crippen LogP contribution in [0.25, 0.3) is 0 Å². The Bertz CT molecular complexity index is 632. The van der Waals surface area contributed by atoms with Crippen molar-refractivity contribution in [2.24, 2.45) is 5.73 Å². The summed E-state index contributed by atoms with van der Waals surface area (Å²) in [7, 11) is 0. The van der Waals surface area contributed by atoms with E-state index >= 15 is 0 Å². The molecule has 0 bridgehead atoms. The molecule has 0 aromatic heterocycles. The smallest absolute Gasteiger partial charge is 0.0409 e. The molecule has 3 rings (SSSR count). The molecule has 0 fully saturated rings.